The first-order valence-corrected chi connectivity index (χ1v) is 15.7. The maximum absolute atomic E-state index is 6.75. The molecule has 0 aliphatic heterocycles. The van der Waals surface area contributed by atoms with Gasteiger partial charge in [0.15, 0.2) is 16.6 Å². The summed E-state index contributed by atoms with van der Waals surface area (Å²) in [4.78, 5) is 0. The van der Waals surface area contributed by atoms with Gasteiger partial charge in [-0.2, -0.15) is 0 Å². The smallest absolute Gasteiger partial charge is 0.177 e. The summed E-state index contributed by atoms with van der Waals surface area (Å²) in [5.74, 6) is 0. The normalized spacial score (nSPS) is 12.4. The van der Waals surface area contributed by atoms with Crippen molar-refractivity contribution in [1.82, 2.24) is 0 Å². The van der Waals surface area contributed by atoms with Crippen LogP contribution in [0.5, 0.6) is 0 Å². The molecule has 124 valence electrons. The van der Waals surface area contributed by atoms with Crippen LogP contribution in [0.4, 0.5) is 0 Å². The van der Waals surface area contributed by atoms with E-state index >= 15 is 0 Å². The number of benzene rings is 2. The Bertz CT molecular complexity index is 580. The quantitative estimate of drug-likeness (QED) is 0.436. The fraction of sp³-hybridized carbons (Fsp3) is 0.333. The molecule has 2 aromatic carbocycles. The second-order valence-corrected chi connectivity index (χ2v) is 17.6. The first-order chi connectivity index (χ1) is 10.7. The van der Waals surface area contributed by atoms with Gasteiger partial charge in [0.25, 0.3) is 0 Å². The predicted molar refractivity (Wildman–Crippen MR) is 112 cm³/mol. The summed E-state index contributed by atoms with van der Waals surface area (Å²) < 4.78 is 9.01. The van der Waals surface area contributed by atoms with E-state index in [0.29, 0.717) is 0 Å². The van der Waals surface area contributed by atoms with Gasteiger partial charge in [0.2, 0.25) is 0 Å². The van der Waals surface area contributed by atoms with Crippen LogP contribution in [0.3, 0.4) is 0 Å². The molecule has 5 heteroatoms. The minimum absolute atomic E-state index is 1.07. The topological polar surface area (TPSA) is 9.23 Å². The van der Waals surface area contributed by atoms with Crippen molar-refractivity contribution in [2.75, 3.05) is 0 Å². The second kappa shape index (κ2) is 7.78. The highest BCUT2D eigenvalue weighted by Gasteiger charge is 2.33. The third kappa shape index (κ3) is 6.66. The highest BCUT2D eigenvalue weighted by atomic mass is 79.9. The summed E-state index contributed by atoms with van der Waals surface area (Å²) in [5.41, 5.74) is 2.75. The van der Waals surface area contributed by atoms with Crippen LogP contribution in [0.2, 0.25) is 26.2 Å². The molecule has 0 saturated heterocycles. The summed E-state index contributed by atoms with van der Waals surface area (Å²) in [5, 5.41) is 0. The van der Waals surface area contributed by atoms with Crippen molar-refractivity contribution in [3.05, 3.63) is 68.6 Å². The van der Waals surface area contributed by atoms with Crippen molar-refractivity contribution in [3.63, 3.8) is 0 Å². The van der Waals surface area contributed by atoms with Gasteiger partial charge in [-0.05, 0) is 73.7 Å². The molecule has 0 aromatic heterocycles. The van der Waals surface area contributed by atoms with Gasteiger partial charge in [0.1, 0.15) is 0 Å². The van der Waals surface area contributed by atoms with Gasteiger partial charge in [-0.1, -0.05) is 56.1 Å². The van der Waals surface area contributed by atoms with Crippen LogP contribution in [0.15, 0.2) is 57.5 Å². The van der Waals surface area contributed by atoms with Crippen LogP contribution in [0, 0.1) is 0 Å². The summed E-state index contributed by atoms with van der Waals surface area (Å²) in [6.45, 7) is 9.35. The standard InChI is InChI=1S/C18H24Br2OSi2/c1-22(2,13-15-5-9-17(19)10-6-15)21-23(3,4)14-16-7-11-18(20)12-8-16/h5-12H,13-14H2,1-4H3. The van der Waals surface area contributed by atoms with E-state index < -0.39 is 16.6 Å². The average molecular weight is 472 g/mol. The van der Waals surface area contributed by atoms with E-state index in [1.54, 1.807) is 0 Å². The van der Waals surface area contributed by atoms with Crippen LogP contribution in [-0.2, 0) is 16.2 Å². The summed E-state index contributed by atoms with van der Waals surface area (Å²) in [6.07, 6.45) is 0. The fourth-order valence-electron chi connectivity index (χ4n) is 3.01. The van der Waals surface area contributed by atoms with E-state index in [2.05, 4.69) is 107 Å². The maximum atomic E-state index is 6.75. The fourth-order valence-corrected chi connectivity index (χ4v) is 12.5. The van der Waals surface area contributed by atoms with Crippen LogP contribution in [-0.4, -0.2) is 16.6 Å². The lowest BCUT2D eigenvalue weighted by Crippen LogP contribution is -2.47. The summed E-state index contributed by atoms with van der Waals surface area (Å²) in [7, 11) is -3.45. The Morgan fingerprint density at radius 2 is 0.957 bits per heavy atom. The van der Waals surface area contributed by atoms with Gasteiger partial charge in [-0.15, -0.1) is 0 Å². The summed E-state index contributed by atoms with van der Waals surface area (Å²) >= 11 is 7.00. The van der Waals surface area contributed by atoms with Gasteiger partial charge in [-0.3, -0.25) is 0 Å². The lowest BCUT2D eigenvalue weighted by atomic mass is 10.2. The van der Waals surface area contributed by atoms with Gasteiger partial charge in [-0.25, -0.2) is 0 Å². The predicted octanol–water partition coefficient (Wildman–Crippen LogP) is 6.50. The molecule has 0 atom stereocenters. The minimum Gasteiger partial charge on any atom is -0.455 e. The second-order valence-electron chi connectivity index (χ2n) is 7.23. The molecule has 2 aromatic rings. The Morgan fingerprint density at radius 1 is 0.652 bits per heavy atom. The Labute approximate surface area is 159 Å². The monoisotopic (exact) mass is 470 g/mol. The molecule has 0 aliphatic rings. The van der Waals surface area contributed by atoms with Gasteiger partial charge < -0.3 is 4.12 Å². The third-order valence-electron chi connectivity index (χ3n) is 3.64. The lowest BCUT2D eigenvalue weighted by Gasteiger charge is -2.34. The van der Waals surface area contributed by atoms with Crippen LogP contribution < -0.4 is 0 Å². The molecule has 0 radical (unpaired) electrons. The van der Waals surface area contributed by atoms with Gasteiger partial charge in [0, 0.05) is 8.95 Å². The molecular formula is C18H24Br2OSi2. The molecule has 0 amide bonds. The van der Waals surface area contributed by atoms with Crippen molar-refractivity contribution >= 4 is 48.5 Å². The van der Waals surface area contributed by atoms with Crippen LogP contribution in [0.1, 0.15) is 11.1 Å². The number of hydrogen-bond donors (Lipinski definition) is 0. The SMILES string of the molecule is C[Si](C)(Cc1ccc(Br)cc1)O[Si](C)(C)Cc1ccc(Br)cc1. The average Bonchev–Trinajstić information content (AvgIpc) is 2.42. The minimum atomic E-state index is -1.72. The van der Waals surface area contributed by atoms with E-state index in [1.165, 1.54) is 11.1 Å². The van der Waals surface area contributed by atoms with E-state index in [-0.39, 0.29) is 0 Å². The molecule has 2 rings (SSSR count). The Balaban J connectivity index is 2.02. The molecule has 23 heavy (non-hydrogen) atoms. The molecular weight excluding hydrogens is 448 g/mol. The lowest BCUT2D eigenvalue weighted by molar-refractivity contribution is 0.537. The summed E-state index contributed by atoms with van der Waals surface area (Å²) in [6, 6.07) is 19.4. The molecule has 0 fully saturated rings. The highest BCUT2D eigenvalue weighted by Crippen LogP contribution is 2.23. The van der Waals surface area contributed by atoms with E-state index in [1.807, 2.05) is 0 Å². The molecule has 0 aliphatic carbocycles. The molecule has 0 bridgehead atoms. The molecule has 0 unspecified atom stereocenters. The zero-order valence-corrected chi connectivity index (χ0v) is 19.4. The van der Waals surface area contributed by atoms with E-state index in [0.717, 1.165) is 21.0 Å². The maximum Gasteiger partial charge on any atom is 0.177 e. The van der Waals surface area contributed by atoms with Crippen molar-refractivity contribution in [1.29, 1.82) is 0 Å². The van der Waals surface area contributed by atoms with Crippen LogP contribution in [0.25, 0.3) is 0 Å². The molecule has 1 nitrogen and oxygen atoms in total. The van der Waals surface area contributed by atoms with Crippen molar-refractivity contribution in [2.45, 2.75) is 38.3 Å². The van der Waals surface area contributed by atoms with Crippen molar-refractivity contribution < 1.29 is 4.12 Å². The number of halogens is 2. The first-order valence-electron chi connectivity index (χ1n) is 7.84. The molecule has 0 spiro atoms. The third-order valence-corrected chi connectivity index (χ3v) is 11.6. The Hall–Kier alpha value is -0.206. The van der Waals surface area contributed by atoms with E-state index in [9.17, 15) is 0 Å². The zero-order chi connectivity index (χ0) is 17.1. The van der Waals surface area contributed by atoms with Gasteiger partial charge >= 0.3 is 0 Å². The largest absolute Gasteiger partial charge is 0.455 e. The Morgan fingerprint density at radius 3 is 1.26 bits per heavy atom. The Kier molecular flexibility index (Phi) is 6.47. The first kappa shape index (κ1) is 19.1. The highest BCUT2D eigenvalue weighted by molar-refractivity contribution is 9.10. The number of hydrogen-bond acceptors (Lipinski definition) is 1. The molecule has 0 N–H and O–H groups in total. The van der Waals surface area contributed by atoms with E-state index in [4.69, 9.17) is 4.12 Å². The van der Waals surface area contributed by atoms with Crippen molar-refractivity contribution in [2.24, 2.45) is 0 Å². The number of rotatable bonds is 6. The molecule has 0 saturated carbocycles. The van der Waals surface area contributed by atoms with Crippen molar-refractivity contribution in [3.8, 4) is 0 Å². The van der Waals surface area contributed by atoms with Crippen LogP contribution >= 0.6 is 31.9 Å². The zero-order valence-electron chi connectivity index (χ0n) is 14.2. The molecule has 0 heterocycles. The van der Waals surface area contributed by atoms with Gasteiger partial charge in [0.05, 0.1) is 0 Å².